The van der Waals surface area contributed by atoms with Gasteiger partial charge >= 0.3 is 0 Å². The molecule has 0 saturated carbocycles. The Morgan fingerprint density at radius 3 is 2.63 bits per heavy atom. The lowest BCUT2D eigenvalue weighted by Crippen LogP contribution is -2.36. The highest BCUT2D eigenvalue weighted by atomic mass is 16.5. The SMILES string of the molecule is CCCOc1cc(C)ccc1CNC(=NC)NCc1cccc(N(C)C)n1. The van der Waals surface area contributed by atoms with Gasteiger partial charge in [-0.05, 0) is 37.1 Å². The van der Waals surface area contributed by atoms with Crippen molar-refractivity contribution < 1.29 is 4.74 Å². The molecule has 0 saturated heterocycles. The van der Waals surface area contributed by atoms with Crippen LogP contribution < -0.4 is 20.3 Å². The summed E-state index contributed by atoms with van der Waals surface area (Å²) in [4.78, 5) is 10.9. The van der Waals surface area contributed by atoms with Gasteiger partial charge in [0.05, 0.1) is 18.8 Å². The second-order valence-electron chi connectivity index (χ2n) is 6.62. The molecule has 0 aliphatic carbocycles. The molecule has 6 heteroatoms. The standard InChI is InChI=1S/C21H31N5O/c1-6-12-27-19-13-16(2)10-11-17(19)14-23-21(22-3)24-15-18-8-7-9-20(25-18)26(4)5/h7-11,13H,6,12,14-15H2,1-5H3,(H2,22,23,24). The molecule has 1 aromatic carbocycles. The molecule has 1 aromatic heterocycles. The molecule has 0 fully saturated rings. The Bertz CT molecular complexity index is 758. The lowest BCUT2D eigenvalue weighted by atomic mass is 10.1. The third-order valence-corrected chi connectivity index (χ3v) is 4.04. The fraction of sp³-hybridized carbons (Fsp3) is 0.429. The van der Waals surface area contributed by atoms with Crippen LogP contribution in [0.5, 0.6) is 5.75 Å². The number of ether oxygens (including phenoxy) is 1. The van der Waals surface area contributed by atoms with E-state index in [9.17, 15) is 0 Å². The Kier molecular flexibility index (Phi) is 7.92. The smallest absolute Gasteiger partial charge is 0.191 e. The van der Waals surface area contributed by atoms with Crippen molar-refractivity contribution in [2.24, 2.45) is 4.99 Å². The Morgan fingerprint density at radius 2 is 1.93 bits per heavy atom. The molecule has 2 aromatic rings. The summed E-state index contributed by atoms with van der Waals surface area (Å²) in [5.41, 5.74) is 3.27. The van der Waals surface area contributed by atoms with Crippen molar-refractivity contribution in [2.75, 3.05) is 32.6 Å². The third-order valence-electron chi connectivity index (χ3n) is 4.04. The molecule has 0 amide bonds. The average molecular weight is 370 g/mol. The number of guanidine groups is 1. The van der Waals surface area contributed by atoms with Crippen LogP contribution in [-0.2, 0) is 13.1 Å². The van der Waals surface area contributed by atoms with Crippen molar-refractivity contribution in [2.45, 2.75) is 33.4 Å². The van der Waals surface area contributed by atoms with E-state index in [0.717, 1.165) is 41.8 Å². The van der Waals surface area contributed by atoms with E-state index in [4.69, 9.17) is 4.74 Å². The van der Waals surface area contributed by atoms with Gasteiger partial charge in [-0.2, -0.15) is 0 Å². The van der Waals surface area contributed by atoms with Gasteiger partial charge in [-0.1, -0.05) is 25.1 Å². The molecule has 27 heavy (non-hydrogen) atoms. The number of rotatable bonds is 8. The number of nitrogens with zero attached hydrogens (tertiary/aromatic N) is 3. The minimum absolute atomic E-state index is 0.606. The first-order valence-electron chi connectivity index (χ1n) is 9.33. The Labute approximate surface area is 162 Å². The fourth-order valence-corrected chi connectivity index (χ4v) is 2.54. The quantitative estimate of drug-likeness (QED) is 0.553. The largest absolute Gasteiger partial charge is 0.493 e. The van der Waals surface area contributed by atoms with Crippen LogP contribution in [0, 0.1) is 6.92 Å². The predicted molar refractivity (Wildman–Crippen MR) is 113 cm³/mol. The number of aliphatic imine (C=N–C) groups is 1. The summed E-state index contributed by atoms with van der Waals surface area (Å²) in [6.45, 7) is 6.15. The molecule has 2 rings (SSSR count). The summed E-state index contributed by atoms with van der Waals surface area (Å²) in [5, 5.41) is 6.66. The summed E-state index contributed by atoms with van der Waals surface area (Å²) >= 11 is 0. The summed E-state index contributed by atoms with van der Waals surface area (Å²) in [7, 11) is 5.74. The van der Waals surface area contributed by atoms with Gasteiger partial charge in [-0.15, -0.1) is 0 Å². The van der Waals surface area contributed by atoms with Crippen molar-refractivity contribution in [3.63, 3.8) is 0 Å². The van der Waals surface area contributed by atoms with E-state index >= 15 is 0 Å². The zero-order valence-electron chi connectivity index (χ0n) is 17.0. The van der Waals surface area contributed by atoms with Crippen molar-refractivity contribution in [3.8, 4) is 5.75 Å². The van der Waals surface area contributed by atoms with E-state index < -0.39 is 0 Å². The second kappa shape index (κ2) is 10.4. The van der Waals surface area contributed by atoms with Crippen molar-refractivity contribution >= 4 is 11.8 Å². The van der Waals surface area contributed by atoms with Crippen LogP contribution in [0.1, 0.15) is 30.2 Å². The van der Waals surface area contributed by atoms with Gasteiger partial charge in [0.2, 0.25) is 0 Å². The first-order chi connectivity index (χ1) is 13.0. The van der Waals surface area contributed by atoms with Gasteiger partial charge in [-0.3, -0.25) is 4.99 Å². The molecule has 0 aliphatic heterocycles. The van der Waals surface area contributed by atoms with Crippen LogP contribution >= 0.6 is 0 Å². The first-order valence-corrected chi connectivity index (χ1v) is 9.33. The average Bonchev–Trinajstić information content (AvgIpc) is 2.67. The van der Waals surface area contributed by atoms with Gasteiger partial charge in [0.25, 0.3) is 0 Å². The lowest BCUT2D eigenvalue weighted by Gasteiger charge is -2.16. The topological polar surface area (TPSA) is 61.8 Å². The summed E-state index contributed by atoms with van der Waals surface area (Å²) in [6, 6.07) is 12.3. The molecule has 0 spiro atoms. The molecule has 6 nitrogen and oxygen atoms in total. The van der Waals surface area contributed by atoms with Gasteiger partial charge in [0.15, 0.2) is 5.96 Å². The molecule has 0 aliphatic rings. The number of pyridine rings is 1. The number of aromatic nitrogens is 1. The predicted octanol–water partition coefficient (Wildman–Crippen LogP) is 3.11. The Morgan fingerprint density at radius 1 is 1.15 bits per heavy atom. The van der Waals surface area contributed by atoms with Crippen LogP contribution in [0.2, 0.25) is 0 Å². The molecular formula is C21H31N5O. The summed E-state index contributed by atoms with van der Waals surface area (Å²) in [6.07, 6.45) is 0.989. The lowest BCUT2D eigenvalue weighted by molar-refractivity contribution is 0.313. The molecule has 0 unspecified atom stereocenters. The molecule has 146 valence electrons. The van der Waals surface area contributed by atoms with E-state index in [-0.39, 0.29) is 0 Å². The van der Waals surface area contributed by atoms with Crippen LogP contribution in [0.25, 0.3) is 0 Å². The highest BCUT2D eigenvalue weighted by Gasteiger charge is 2.06. The number of aryl methyl sites for hydroxylation is 1. The highest BCUT2D eigenvalue weighted by Crippen LogP contribution is 2.20. The number of hydrogen-bond donors (Lipinski definition) is 2. The third kappa shape index (κ3) is 6.47. The minimum Gasteiger partial charge on any atom is -0.493 e. The first kappa shape index (κ1) is 20.6. The molecule has 0 atom stereocenters. The van der Waals surface area contributed by atoms with Gasteiger partial charge in [-0.25, -0.2) is 4.98 Å². The normalized spacial score (nSPS) is 11.2. The number of hydrogen-bond acceptors (Lipinski definition) is 4. The molecule has 0 radical (unpaired) electrons. The maximum atomic E-state index is 5.88. The van der Waals surface area contributed by atoms with Crippen molar-refractivity contribution in [1.82, 2.24) is 15.6 Å². The summed E-state index contributed by atoms with van der Waals surface area (Å²) < 4.78 is 5.88. The van der Waals surface area contributed by atoms with Crippen LogP contribution in [-0.4, -0.2) is 38.7 Å². The molecule has 0 bridgehead atoms. The zero-order chi connectivity index (χ0) is 19.6. The second-order valence-corrected chi connectivity index (χ2v) is 6.62. The molecule has 1 heterocycles. The van der Waals surface area contributed by atoms with Crippen molar-refractivity contribution in [1.29, 1.82) is 0 Å². The number of anilines is 1. The highest BCUT2D eigenvalue weighted by molar-refractivity contribution is 5.79. The molecular weight excluding hydrogens is 338 g/mol. The zero-order valence-corrected chi connectivity index (χ0v) is 17.0. The van der Waals surface area contributed by atoms with E-state index in [1.54, 1.807) is 7.05 Å². The monoisotopic (exact) mass is 369 g/mol. The van der Waals surface area contributed by atoms with Gasteiger partial charge in [0, 0.05) is 33.3 Å². The van der Waals surface area contributed by atoms with Crippen molar-refractivity contribution in [3.05, 3.63) is 53.2 Å². The summed E-state index contributed by atoms with van der Waals surface area (Å²) in [5.74, 6) is 2.60. The van der Waals surface area contributed by atoms with Crippen LogP contribution in [0.15, 0.2) is 41.4 Å². The Balaban J connectivity index is 1.95. The van der Waals surface area contributed by atoms with Gasteiger partial charge < -0.3 is 20.3 Å². The minimum atomic E-state index is 0.606. The van der Waals surface area contributed by atoms with E-state index in [1.165, 1.54) is 5.56 Å². The van der Waals surface area contributed by atoms with E-state index in [2.05, 4.69) is 52.7 Å². The van der Waals surface area contributed by atoms with Crippen LogP contribution in [0.3, 0.4) is 0 Å². The fourth-order valence-electron chi connectivity index (χ4n) is 2.54. The number of nitrogens with one attached hydrogen (secondary N) is 2. The van der Waals surface area contributed by atoms with E-state index in [1.807, 2.05) is 37.2 Å². The molecule has 2 N–H and O–H groups in total. The number of benzene rings is 1. The van der Waals surface area contributed by atoms with Gasteiger partial charge in [0.1, 0.15) is 11.6 Å². The maximum absolute atomic E-state index is 5.88. The van der Waals surface area contributed by atoms with Crippen LogP contribution in [0.4, 0.5) is 5.82 Å². The van der Waals surface area contributed by atoms with E-state index in [0.29, 0.717) is 13.1 Å². The maximum Gasteiger partial charge on any atom is 0.191 e. The Hall–Kier alpha value is -2.76.